The second kappa shape index (κ2) is 8.16. The second-order valence-corrected chi connectivity index (χ2v) is 5.01. The van der Waals surface area contributed by atoms with Crippen molar-refractivity contribution in [2.45, 2.75) is 51.3 Å². The standard InChI is InChI=1S/C12H23N2O3.Ac/c1-3-6(4-2)10(14)9-8(13)5-7(11(9)15)12(16)17;/h6-11,14-15H,3-5,13H2,1-2H3,(H,16,17);/q-1;/t7-,8+,9+,10?,11+;/m0./s1. The summed E-state index contributed by atoms with van der Waals surface area (Å²) >= 11 is 0. The van der Waals surface area contributed by atoms with Crippen molar-refractivity contribution in [1.82, 2.24) is 0 Å². The van der Waals surface area contributed by atoms with Crippen LogP contribution in [0.25, 0.3) is 5.73 Å². The van der Waals surface area contributed by atoms with Crippen molar-refractivity contribution in [1.29, 1.82) is 0 Å². The molecule has 0 aromatic rings. The van der Waals surface area contributed by atoms with Crippen molar-refractivity contribution in [3.8, 4) is 0 Å². The molecule has 5 atom stereocenters. The maximum absolute atomic E-state index is 11.0. The van der Waals surface area contributed by atoms with Crippen LogP contribution >= 0.6 is 0 Å². The Bertz CT molecular complexity index is 274. The minimum absolute atomic E-state index is 0. The Morgan fingerprint density at radius 2 is 1.94 bits per heavy atom. The van der Waals surface area contributed by atoms with Crippen molar-refractivity contribution in [3.05, 3.63) is 5.73 Å². The van der Waals surface area contributed by atoms with Crippen LogP contribution in [0.5, 0.6) is 0 Å². The van der Waals surface area contributed by atoms with Crippen LogP contribution in [0, 0.1) is 61.8 Å². The van der Waals surface area contributed by atoms with Crippen LogP contribution in [0.1, 0.15) is 33.1 Å². The molecule has 1 fully saturated rings. The van der Waals surface area contributed by atoms with E-state index in [1.807, 2.05) is 13.8 Å². The Morgan fingerprint density at radius 1 is 1.44 bits per heavy atom. The van der Waals surface area contributed by atoms with Gasteiger partial charge in [-0.15, -0.1) is 6.04 Å². The van der Waals surface area contributed by atoms with Crippen LogP contribution in [0.15, 0.2) is 0 Å². The number of carboxylic acid groups (broad SMARTS) is 1. The quantitative estimate of drug-likeness (QED) is 0.562. The zero-order valence-corrected chi connectivity index (χ0v) is 15.8. The van der Waals surface area contributed by atoms with E-state index in [1.165, 1.54) is 0 Å². The van der Waals surface area contributed by atoms with Gasteiger partial charge in [0.2, 0.25) is 0 Å². The number of carboxylic acids is 1. The van der Waals surface area contributed by atoms with Gasteiger partial charge < -0.3 is 21.7 Å². The molecule has 0 amide bonds. The molecular weight excluding hydrogens is 447 g/mol. The summed E-state index contributed by atoms with van der Waals surface area (Å²) in [4.78, 5) is 11.0. The van der Waals surface area contributed by atoms with Crippen LogP contribution in [0.2, 0.25) is 0 Å². The molecule has 1 aliphatic carbocycles. The minimum atomic E-state index is -1.01. The Kier molecular flexibility index (Phi) is 8.52. The molecular formula is C12H23AcN2O3-. The Morgan fingerprint density at radius 3 is 2.28 bits per heavy atom. The first-order valence-electron chi connectivity index (χ1n) is 6.31. The van der Waals surface area contributed by atoms with Gasteiger partial charge >= 0.3 is 5.97 Å². The predicted molar refractivity (Wildman–Crippen MR) is 65.4 cm³/mol. The molecule has 0 heterocycles. The van der Waals surface area contributed by atoms with Crippen molar-refractivity contribution < 1.29 is 59.1 Å². The molecule has 0 aliphatic heterocycles. The Hall–Kier alpha value is 0.792. The van der Waals surface area contributed by atoms with Crippen LogP contribution in [0.4, 0.5) is 0 Å². The molecule has 103 valence electrons. The fourth-order valence-corrected chi connectivity index (χ4v) is 2.95. The summed E-state index contributed by atoms with van der Waals surface area (Å²) in [6.07, 6.45) is 1.01. The van der Waals surface area contributed by atoms with Gasteiger partial charge in [-0.05, 0) is 12.3 Å². The number of hydrogen-bond acceptors (Lipinski definition) is 3. The third-order valence-corrected chi connectivity index (χ3v) is 4.12. The van der Waals surface area contributed by atoms with Crippen molar-refractivity contribution in [3.63, 3.8) is 0 Å². The summed E-state index contributed by atoms with van der Waals surface area (Å²) in [6, 6.07) is -0.853. The zero-order valence-electron chi connectivity index (χ0n) is 11.0. The topological polar surface area (TPSA) is 107 Å². The van der Waals surface area contributed by atoms with Crippen molar-refractivity contribution in [2.24, 2.45) is 23.5 Å². The molecule has 0 aromatic heterocycles. The fourth-order valence-electron chi connectivity index (χ4n) is 2.95. The maximum Gasteiger partial charge on any atom is 0.309 e. The molecule has 1 radical (unpaired) electrons. The maximum atomic E-state index is 11.0. The number of aliphatic hydroxyl groups excluding tert-OH is 1. The fraction of sp³-hybridized carbons (Fsp3) is 0.917. The number of hydrogen-bond donors (Lipinski definition) is 3. The first kappa shape index (κ1) is 18.8. The summed E-state index contributed by atoms with van der Waals surface area (Å²) < 4.78 is 0. The number of nitrogens with one attached hydrogen (secondary N) is 1. The van der Waals surface area contributed by atoms with E-state index in [4.69, 9.17) is 16.6 Å². The van der Waals surface area contributed by atoms with E-state index in [0.717, 1.165) is 12.8 Å². The van der Waals surface area contributed by atoms with Crippen molar-refractivity contribution >= 4 is 5.97 Å². The molecule has 18 heavy (non-hydrogen) atoms. The first-order valence-corrected chi connectivity index (χ1v) is 6.31. The number of rotatable bonds is 5. The van der Waals surface area contributed by atoms with E-state index < -0.39 is 30.0 Å². The van der Waals surface area contributed by atoms with Gasteiger partial charge in [0.15, 0.2) is 0 Å². The Labute approximate surface area is 144 Å². The average Bonchev–Trinajstić information content (AvgIpc) is 2.56. The molecule has 0 saturated heterocycles. The number of aliphatic carboxylic acids is 1. The van der Waals surface area contributed by atoms with E-state index in [-0.39, 0.29) is 62.4 Å². The van der Waals surface area contributed by atoms with Gasteiger partial charge in [-0.2, -0.15) is 0 Å². The van der Waals surface area contributed by atoms with Crippen LogP contribution in [-0.4, -0.2) is 34.4 Å². The molecule has 0 bridgehead atoms. The van der Waals surface area contributed by atoms with Gasteiger partial charge in [0.1, 0.15) is 0 Å². The number of aliphatic hydroxyl groups is 1. The largest absolute Gasteiger partial charge is 0.674 e. The molecule has 5 nitrogen and oxygen atoms in total. The number of carbonyl (C=O) groups is 1. The van der Waals surface area contributed by atoms with E-state index in [0.29, 0.717) is 0 Å². The van der Waals surface area contributed by atoms with Crippen LogP contribution in [-0.2, 0) is 4.79 Å². The third kappa shape index (κ3) is 3.89. The van der Waals surface area contributed by atoms with E-state index in [2.05, 4.69) is 0 Å². The molecule has 6 heteroatoms. The molecule has 1 saturated carbocycles. The summed E-state index contributed by atoms with van der Waals surface area (Å²) in [5, 5.41) is 19.0. The third-order valence-electron chi connectivity index (χ3n) is 4.12. The molecule has 5 N–H and O–H groups in total. The van der Waals surface area contributed by atoms with Crippen LogP contribution < -0.4 is 5.73 Å². The molecule has 1 unspecified atom stereocenters. The summed E-state index contributed by atoms with van der Waals surface area (Å²) in [6.45, 7) is 4.02. The van der Waals surface area contributed by atoms with Gasteiger partial charge in [-0.25, -0.2) is 0 Å². The van der Waals surface area contributed by atoms with Gasteiger partial charge in [0, 0.05) is 50.1 Å². The zero-order chi connectivity index (χ0) is 13.2. The predicted octanol–water partition coefficient (Wildman–Crippen LogP) is 1.25. The minimum Gasteiger partial charge on any atom is -0.674 e. The van der Waals surface area contributed by atoms with Crippen molar-refractivity contribution in [2.75, 3.05) is 0 Å². The SMILES string of the molecule is CCC(CC)C([NH-])[C@@H]1[C@H](O)[C@@H](C(=O)O)C[C@H]1N.[Ac]. The average molecular weight is 470 g/mol. The van der Waals surface area contributed by atoms with E-state index in [9.17, 15) is 9.90 Å². The van der Waals surface area contributed by atoms with Gasteiger partial charge in [0.25, 0.3) is 0 Å². The monoisotopic (exact) mass is 470 g/mol. The molecule has 1 aliphatic rings. The first-order chi connectivity index (χ1) is 7.93. The smallest absolute Gasteiger partial charge is 0.309 e. The van der Waals surface area contributed by atoms with E-state index >= 15 is 0 Å². The van der Waals surface area contributed by atoms with Crippen LogP contribution in [0.3, 0.4) is 0 Å². The molecule has 0 spiro atoms. The number of nitrogens with two attached hydrogens (primary N) is 1. The van der Waals surface area contributed by atoms with E-state index in [1.54, 1.807) is 0 Å². The second-order valence-electron chi connectivity index (χ2n) is 5.01. The molecule has 1 rings (SSSR count). The normalized spacial score (nSPS) is 33.2. The summed E-state index contributed by atoms with van der Waals surface area (Å²) in [5.74, 6) is -2.06. The van der Waals surface area contributed by atoms with Gasteiger partial charge in [-0.1, -0.05) is 32.6 Å². The Balaban J connectivity index is 0.00000289. The molecule has 0 aromatic carbocycles. The van der Waals surface area contributed by atoms with Gasteiger partial charge in [-0.3, -0.25) is 4.79 Å². The van der Waals surface area contributed by atoms with Gasteiger partial charge in [0.05, 0.1) is 12.0 Å². The summed E-state index contributed by atoms with van der Waals surface area (Å²) in [7, 11) is 0. The summed E-state index contributed by atoms with van der Waals surface area (Å²) in [5.41, 5.74) is 14.1.